The zero-order chi connectivity index (χ0) is 21.4. The number of fused-ring (bicyclic) bond motifs is 6. The SMILES string of the molecule is N#Cc1cc2c3cc(C#N)c(C#N)cc3c3nc(C#N)c(C#N)cc3c2cc1C#N. The second-order valence-corrected chi connectivity index (χ2v) is 6.34. The van der Waals surface area contributed by atoms with E-state index in [4.69, 9.17) is 0 Å². The van der Waals surface area contributed by atoms with Gasteiger partial charge >= 0.3 is 0 Å². The highest BCUT2D eigenvalue weighted by molar-refractivity contribution is 6.25. The molecule has 3 aromatic carbocycles. The van der Waals surface area contributed by atoms with Crippen molar-refractivity contribution < 1.29 is 0 Å². The topological polar surface area (TPSA) is 156 Å². The molecule has 7 nitrogen and oxygen atoms in total. The van der Waals surface area contributed by atoms with Crippen LogP contribution in [0.15, 0.2) is 30.3 Å². The van der Waals surface area contributed by atoms with E-state index in [0.717, 1.165) is 0 Å². The lowest BCUT2D eigenvalue weighted by molar-refractivity contribution is 1.30. The van der Waals surface area contributed by atoms with Gasteiger partial charge < -0.3 is 0 Å². The smallest absolute Gasteiger partial charge is 0.158 e. The summed E-state index contributed by atoms with van der Waals surface area (Å²) in [6.07, 6.45) is 0. The normalized spacial score (nSPS) is 9.80. The predicted molar refractivity (Wildman–Crippen MR) is 105 cm³/mol. The average molecular weight is 379 g/mol. The summed E-state index contributed by atoms with van der Waals surface area (Å²) in [5, 5.41) is 59.2. The second kappa shape index (κ2) is 6.60. The quantitative estimate of drug-likeness (QED) is 0.421. The molecule has 0 aliphatic rings. The van der Waals surface area contributed by atoms with Crippen molar-refractivity contribution in [3.8, 4) is 36.4 Å². The number of pyridine rings is 1. The van der Waals surface area contributed by atoms with Crippen molar-refractivity contribution in [1.29, 1.82) is 31.6 Å². The van der Waals surface area contributed by atoms with Crippen LogP contribution in [-0.4, -0.2) is 4.98 Å². The van der Waals surface area contributed by atoms with Crippen molar-refractivity contribution in [2.75, 3.05) is 0 Å². The lowest BCUT2D eigenvalue weighted by atomic mass is 9.91. The summed E-state index contributed by atoms with van der Waals surface area (Å²) < 4.78 is 0. The van der Waals surface area contributed by atoms with Gasteiger partial charge in [-0.25, -0.2) is 4.98 Å². The summed E-state index contributed by atoms with van der Waals surface area (Å²) in [7, 11) is 0. The summed E-state index contributed by atoms with van der Waals surface area (Å²) >= 11 is 0. The number of hydrogen-bond acceptors (Lipinski definition) is 7. The molecule has 0 saturated heterocycles. The first-order chi connectivity index (χ1) is 14.6. The fourth-order valence-corrected chi connectivity index (χ4v) is 3.53. The molecule has 0 bridgehead atoms. The molecule has 1 heterocycles. The number of benzene rings is 3. The number of aromatic nitrogens is 1. The van der Waals surface area contributed by atoms with Crippen molar-refractivity contribution in [3.63, 3.8) is 0 Å². The molecule has 0 N–H and O–H groups in total. The van der Waals surface area contributed by atoms with Gasteiger partial charge in [-0.15, -0.1) is 0 Å². The van der Waals surface area contributed by atoms with Crippen molar-refractivity contribution in [1.82, 2.24) is 4.98 Å². The lowest BCUT2D eigenvalue weighted by Gasteiger charge is -2.12. The van der Waals surface area contributed by atoms with Crippen LogP contribution in [0, 0.1) is 68.0 Å². The summed E-state index contributed by atoms with van der Waals surface area (Å²) in [5.74, 6) is 0. The van der Waals surface area contributed by atoms with Crippen molar-refractivity contribution in [2.24, 2.45) is 0 Å². The van der Waals surface area contributed by atoms with Crippen molar-refractivity contribution >= 4 is 32.4 Å². The molecule has 0 radical (unpaired) electrons. The third-order valence-corrected chi connectivity index (χ3v) is 4.88. The van der Waals surface area contributed by atoms with Gasteiger partial charge in [-0.2, -0.15) is 31.6 Å². The Bertz CT molecular complexity index is 1340. The molecule has 0 spiro atoms. The number of nitriles is 6. The molecule has 0 fully saturated rings. The van der Waals surface area contributed by atoms with Gasteiger partial charge in [-0.05, 0) is 46.5 Å². The maximum atomic E-state index is 9.44. The fourth-order valence-electron chi connectivity index (χ4n) is 3.53. The molecule has 4 aromatic rings. The summed E-state index contributed by atoms with van der Waals surface area (Å²) in [6, 6.07) is 19.4. The minimum Gasteiger partial charge on any atom is -0.235 e. The van der Waals surface area contributed by atoms with E-state index in [-0.39, 0.29) is 33.5 Å². The van der Waals surface area contributed by atoms with E-state index < -0.39 is 0 Å². The van der Waals surface area contributed by atoms with Gasteiger partial charge in [0.1, 0.15) is 36.4 Å². The molecule has 0 aliphatic carbocycles. The second-order valence-electron chi connectivity index (χ2n) is 6.34. The number of nitrogens with zero attached hydrogens (tertiary/aromatic N) is 7. The molecule has 132 valence electrons. The zero-order valence-corrected chi connectivity index (χ0v) is 15.0. The van der Waals surface area contributed by atoms with Crippen LogP contribution in [0.3, 0.4) is 0 Å². The molecule has 7 heteroatoms. The van der Waals surface area contributed by atoms with Crippen molar-refractivity contribution in [3.05, 3.63) is 63.8 Å². The monoisotopic (exact) mass is 379 g/mol. The van der Waals surface area contributed by atoms with E-state index in [9.17, 15) is 31.6 Å². The first-order valence-corrected chi connectivity index (χ1v) is 8.43. The van der Waals surface area contributed by atoms with Gasteiger partial charge in [-0.3, -0.25) is 0 Å². The molecular weight excluding hydrogens is 374 g/mol. The minimum absolute atomic E-state index is 0.0670. The molecule has 0 unspecified atom stereocenters. The molecular formula is C23H5N7. The Morgan fingerprint density at radius 2 is 0.767 bits per heavy atom. The highest BCUT2D eigenvalue weighted by atomic mass is 14.7. The van der Waals surface area contributed by atoms with Crippen LogP contribution in [0.4, 0.5) is 0 Å². The largest absolute Gasteiger partial charge is 0.235 e. The maximum Gasteiger partial charge on any atom is 0.158 e. The maximum absolute atomic E-state index is 9.44. The fraction of sp³-hybridized carbons (Fsp3) is 0. The number of hydrogen-bond donors (Lipinski definition) is 0. The van der Waals surface area contributed by atoms with E-state index >= 15 is 0 Å². The van der Waals surface area contributed by atoms with Crippen molar-refractivity contribution in [2.45, 2.75) is 0 Å². The molecule has 0 aliphatic heterocycles. The Kier molecular flexibility index (Phi) is 3.94. The Morgan fingerprint density at radius 1 is 0.433 bits per heavy atom. The van der Waals surface area contributed by atoms with Gasteiger partial charge in [0, 0.05) is 10.8 Å². The number of rotatable bonds is 0. The first kappa shape index (κ1) is 17.9. The van der Waals surface area contributed by atoms with Crippen LogP contribution in [0.25, 0.3) is 32.4 Å². The predicted octanol–water partition coefficient (Wildman–Crippen LogP) is 3.77. The molecule has 0 atom stereocenters. The zero-order valence-electron chi connectivity index (χ0n) is 15.0. The van der Waals surface area contributed by atoms with E-state index in [2.05, 4.69) is 4.98 Å². The first-order valence-electron chi connectivity index (χ1n) is 8.43. The van der Waals surface area contributed by atoms with Gasteiger partial charge in [0.15, 0.2) is 5.69 Å². The lowest BCUT2D eigenvalue weighted by Crippen LogP contribution is -1.96. The van der Waals surface area contributed by atoms with Crippen LogP contribution < -0.4 is 0 Å². The third kappa shape index (κ3) is 2.36. The van der Waals surface area contributed by atoms with E-state index in [0.29, 0.717) is 32.4 Å². The van der Waals surface area contributed by atoms with E-state index in [1.165, 1.54) is 24.3 Å². The highest BCUT2D eigenvalue weighted by Crippen LogP contribution is 2.37. The van der Waals surface area contributed by atoms with Gasteiger partial charge in [0.25, 0.3) is 0 Å². The minimum atomic E-state index is -0.0670. The molecule has 30 heavy (non-hydrogen) atoms. The average Bonchev–Trinajstić information content (AvgIpc) is 2.81. The van der Waals surface area contributed by atoms with Crippen LogP contribution in [-0.2, 0) is 0 Å². The summed E-state index contributed by atoms with van der Waals surface area (Å²) in [4.78, 5) is 4.35. The molecule has 4 rings (SSSR count). The highest BCUT2D eigenvalue weighted by Gasteiger charge is 2.18. The van der Waals surface area contributed by atoms with Crippen LogP contribution >= 0.6 is 0 Å². The van der Waals surface area contributed by atoms with Crippen LogP contribution in [0.5, 0.6) is 0 Å². The van der Waals surface area contributed by atoms with Gasteiger partial charge in [-0.1, -0.05) is 0 Å². The Labute approximate surface area is 169 Å². The van der Waals surface area contributed by atoms with E-state index in [1.807, 2.05) is 36.4 Å². The Hall–Kier alpha value is -5.47. The molecule has 0 amide bonds. The summed E-state index contributed by atoms with van der Waals surface area (Å²) in [6.45, 7) is 0. The Balaban J connectivity index is 2.42. The van der Waals surface area contributed by atoms with Gasteiger partial charge in [0.05, 0.1) is 33.3 Å². The van der Waals surface area contributed by atoms with Gasteiger partial charge in [0.2, 0.25) is 0 Å². The molecule has 1 aromatic heterocycles. The van der Waals surface area contributed by atoms with Crippen LogP contribution in [0.2, 0.25) is 0 Å². The molecule has 0 saturated carbocycles. The van der Waals surface area contributed by atoms with Crippen LogP contribution in [0.1, 0.15) is 33.5 Å². The summed E-state index contributed by atoms with van der Waals surface area (Å²) in [5.41, 5.74) is 0.985. The third-order valence-electron chi connectivity index (χ3n) is 4.88. The standard InChI is InChI=1S/C23H5N7/c24-6-12-1-17-18-3-14(8-26)15(9-27)4-20(18)23-21(19(17)2-13(12)7-25)5-16(10-28)22(11-29)30-23/h1-5H. The van der Waals surface area contributed by atoms with E-state index in [1.54, 1.807) is 6.07 Å². The Morgan fingerprint density at radius 3 is 1.13 bits per heavy atom.